The average Bonchev–Trinajstić information content (AvgIpc) is 3.04. The topological polar surface area (TPSA) is 48.0 Å². The van der Waals surface area contributed by atoms with Crippen molar-refractivity contribution in [3.8, 4) is 5.69 Å². The number of thioether (sulfide) groups is 1. The molecule has 2 aromatic heterocycles. The Labute approximate surface area is 173 Å². The maximum atomic E-state index is 13.1. The van der Waals surface area contributed by atoms with Crippen LogP contribution in [-0.2, 0) is 5.75 Å². The van der Waals surface area contributed by atoms with Crippen LogP contribution in [0, 0.1) is 23.6 Å². The number of rotatable bonds is 4. The quantitative estimate of drug-likeness (QED) is 0.232. The number of aromatic nitrogens is 2. The molecule has 0 bridgehead atoms. The first kappa shape index (κ1) is 19.0. The van der Waals surface area contributed by atoms with Crippen molar-refractivity contribution in [1.29, 1.82) is 0 Å². The van der Waals surface area contributed by atoms with Crippen molar-refractivity contribution in [3.63, 3.8) is 0 Å². The Morgan fingerprint density at radius 3 is 2.71 bits per heavy atom. The van der Waals surface area contributed by atoms with E-state index in [4.69, 9.17) is 16.6 Å². The van der Waals surface area contributed by atoms with Gasteiger partial charge >= 0.3 is 5.63 Å². The highest BCUT2D eigenvalue weighted by Gasteiger charge is 2.12. The minimum atomic E-state index is -0.360. The van der Waals surface area contributed by atoms with E-state index in [0.29, 0.717) is 21.0 Å². The molecule has 0 unspecified atom stereocenters. The number of hydrogen-bond acceptors (Lipinski definition) is 6. The molecule has 2 heterocycles. The Bertz CT molecular complexity index is 1290. The number of fused-ring (bicyclic) bond motifs is 1. The zero-order valence-corrected chi connectivity index (χ0v) is 17.5. The first-order valence-electron chi connectivity index (χ1n) is 8.44. The zero-order valence-electron chi connectivity index (χ0n) is 15.1. The molecule has 0 aliphatic carbocycles. The summed E-state index contributed by atoms with van der Waals surface area (Å²) in [6.07, 6.45) is 0. The number of aryl methyl sites for hydroxylation is 2. The summed E-state index contributed by atoms with van der Waals surface area (Å²) in [5, 5.41) is 5.46. The van der Waals surface area contributed by atoms with Gasteiger partial charge in [0.25, 0.3) is 0 Å². The van der Waals surface area contributed by atoms with E-state index >= 15 is 0 Å². The summed E-state index contributed by atoms with van der Waals surface area (Å²) in [6, 6.07) is 11.6. The van der Waals surface area contributed by atoms with E-state index in [0.717, 1.165) is 26.4 Å². The third-order valence-electron chi connectivity index (χ3n) is 4.47. The predicted octanol–water partition coefficient (Wildman–Crippen LogP) is 5.82. The van der Waals surface area contributed by atoms with Gasteiger partial charge in [0.15, 0.2) is 8.29 Å². The zero-order chi connectivity index (χ0) is 19.8. The van der Waals surface area contributed by atoms with Crippen LogP contribution in [0.4, 0.5) is 4.39 Å². The Morgan fingerprint density at radius 1 is 1.21 bits per heavy atom. The molecule has 0 amide bonds. The van der Waals surface area contributed by atoms with Gasteiger partial charge in [-0.2, -0.15) is 0 Å². The first-order valence-corrected chi connectivity index (χ1v) is 10.7. The number of nitrogens with zero attached hydrogens (tertiary/aromatic N) is 2. The molecule has 0 atom stereocenters. The first-order chi connectivity index (χ1) is 13.4. The average molecular weight is 431 g/mol. The van der Waals surface area contributed by atoms with Crippen molar-refractivity contribution in [1.82, 2.24) is 9.78 Å². The largest absolute Gasteiger partial charge is 0.422 e. The van der Waals surface area contributed by atoms with Crippen LogP contribution >= 0.6 is 35.3 Å². The minimum Gasteiger partial charge on any atom is -0.422 e. The molecular formula is C20H15FN2O2S3. The van der Waals surface area contributed by atoms with Gasteiger partial charge in [-0.05, 0) is 67.0 Å². The van der Waals surface area contributed by atoms with E-state index in [-0.39, 0.29) is 11.4 Å². The number of hydrogen-bond donors (Lipinski definition) is 0. The van der Waals surface area contributed by atoms with Gasteiger partial charge in [0.05, 0.1) is 5.69 Å². The molecule has 0 radical (unpaired) electrons. The summed E-state index contributed by atoms with van der Waals surface area (Å²) >= 11 is 8.28. The highest BCUT2D eigenvalue weighted by atomic mass is 32.2. The van der Waals surface area contributed by atoms with Crippen LogP contribution < -0.4 is 5.63 Å². The smallest absolute Gasteiger partial charge is 0.336 e. The van der Waals surface area contributed by atoms with Gasteiger partial charge in [-0.1, -0.05) is 35.2 Å². The van der Waals surface area contributed by atoms with E-state index in [2.05, 4.69) is 5.10 Å². The van der Waals surface area contributed by atoms with Gasteiger partial charge in [-0.15, -0.1) is 5.10 Å². The van der Waals surface area contributed by atoms with Crippen LogP contribution in [0.5, 0.6) is 0 Å². The van der Waals surface area contributed by atoms with Crippen LogP contribution in [0.1, 0.15) is 16.7 Å². The molecule has 4 rings (SSSR count). The van der Waals surface area contributed by atoms with Crippen LogP contribution in [0.2, 0.25) is 0 Å². The summed E-state index contributed by atoms with van der Waals surface area (Å²) in [5.41, 5.74) is 3.93. The van der Waals surface area contributed by atoms with Gasteiger partial charge in [-0.25, -0.2) is 13.9 Å². The molecule has 28 heavy (non-hydrogen) atoms. The fraction of sp³-hybridized carbons (Fsp3) is 0.150. The Kier molecular flexibility index (Phi) is 5.18. The second-order valence-corrected chi connectivity index (χ2v) is 9.13. The molecular weight excluding hydrogens is 415 g/mol. The van der Waals surface area contributed by atoms with Crippen molar-refractivity contribution < 1.29 is 8.81 Å². The predicted molar refractivity (Wildman–Crippen MR) is 114 cm³/mol. The van der Waals surface area contributed by atoms with Crippen molar-refractivity contribution in [2.24, 2.45) is 0 Å². The highest BCUT2D eigenvalue weighted by Crippen LogP contribution is 2.30. The van der Waals surface area contributed by atoms with Gasteiger partial charge in [0.1, 0.15) is 11.4 Å². The minimum absolute atomic E-state index is 0.305. The van der Waals surface area contributed by atoms with Gasteiger partial charge in [0.2, 0.25) is 0 Å². The Morgan fingerprint density at radius 2 is 1.96 bits per heavy atom. The van der Waals surface area contributed by atoms with Gasteiger partial charge in [0, 0.05) is 17.2 Å². The molecule has 0 saturated heterocycles. The molecule has 0 fully saturated rings. The van der Waals surface area contributed by atoms with Crippen LogP contribution in [-0.4, -0.2) is 9.78 Å². The molecule has 0 spiro atoms. The lowest BCUT2D eigenvalue weighted by Gasteiger charge is -2.08. The van der Waals surface area contributed by atoms with Crippen LogP contribution in [0.3, 0.4) is 0 Å². The Balaban J connectivity index is 1.65. The van der Waals surface area contributed by atoms with Crippen molar-refractivity contribution in [2.45, 2.75) is 23.9 Å². The maximum absolute atomic E-state index is 13.1. The molecule has 0 aliphatic rings. The highest BCUT2D eigenvalue weighted by molar-refractivity contribution is 8.00. The monoisotopic (exact) mass is 430 g/mol. The molecule has 0 aliphatic heterocycles. The van der Waals surface area contributed by atoms with Gasteiger partial charge < -0.3 is 4.42 Å². The van der Waals surface area contributed by atoms with E-state index in [1.165, 1.54) is 41.3 Å². The van der Waals surface area contributed by atoms with Crippen molar-refractivity contribution in [3.05, 3.63) is 79.3 Å². The second kappa shape index (κ2) is 7.62. The van der Waals surface area contributed by atoms with Crippen LogP contribution in [0.15, 0.2) is 56.0 Å². The normalized spacial score (nSPS) is 11.2. The van der Waals surface area contributed by atoms with Crippen molar-refractivity contribution >= 4 is 46.3 Å². The molecule has 142 valence electrons. The fourth-order valence-corrected chi connectivity index (χ4v) is 5.20. The van der Waals surface area contributed by atoms with E-state index < -0.39 is 0 Å². The summed E-state index contributed by atoms with van der Waals surface area (Å²) in [4.78, 5) is 12.0. The molecule has 4 aromatic rings. The fourth-order valence-electron chi connectivity index (χ4n) is 2.85. The standard InChI is InChI=1S/C20H15FN2O2S3/c1-11-3-8-16-13(9-17(24)25-18(16)12(11)2)10-27-19-22-23(20(26)28-19)15-6-4-14(21)5-7-15/h3-9H,10H2,1-2H3. The summed E-state index contributed by atoms with van der Waals surface area (Å²) in [5.74, 6) is 0.261. The lowest BCUT2D eigenvalue weighted by atomic mass is 10.0. The van der Waals surface area contributed by atoms with Crippen LogP contribution in [0.25, 0.3) is 16.7 Å². The molecule has 4 nitrogen and oxygen atoms in total. The number of benzene rings is 2. The molecule has 0 saturated carbocycles. The van der Waals surface area contributed by atoms with E-state index in [1.807, 2.05) is 26.0 Å². The summed E-state index contributed by atoms with van der Waals surface area (Å²) < 4.78 is 21.5. The Hall–Kier alpha value is -2.29. The van der Waals surface area contributed by atoms with E-state index in [1.54, 1.807) is 16.8 Å². The van der Waals surface area contributed by atoms with Gasteiger partial charge in [-0.3, -0.25) is 0 Å². The lowest BCUT2D eigenvalue weighted by molar-refractivity contribution is 0.557. The maximum Gasteiger partial charge on any atom is 0.336 e. The third kappa shape index (κ3) is 3.67. The SMILES string of the molecule is Cc1ccc2c(CSc3nn(-c4ccc(F)cc4)c(=S)s3)cc(=O)oc2c1C. The second-order valence-electron chi connectivity index (χ2n) is 6.29. The summed E-state index contributed by atoms with van der Waals surface area (Å²) in [7, 11) is 0. The lowest BCUT2D eigenvalue weighted by Crippen LogP contribution is -2.01. The number of halogens is 1. The van der Waals surface area contributed by atoms with Crippen molar-refractivity contribution in [2.75, 3.05) is 0 Å². The summed E-state index contributed by atoms with van der Waals surface area (Å²) in [6.45, 7) is 3.94. The molecule has 8 heteroatoms. The molecule has 0 N–H and O–H groups in total. The molecule has 2 aromatic carbocycles. The third-order valence-corrected chi connectivity index (χ3v) is 6.88. The van der Waals surface area contributed by atoms with E-state index in [9.17, 15) is 9.18 Å².